The van der Waals surface area contributed by atoms with Crippen LogP contribution in [-0.2, 0) is 0 Å². The van der Waals surface area contributed by atoms with Crippen LogP contribution in [0.2, 0.25) is 0 Å². The molecule has 0 aromatic heterocycles. The zero-order chi connectivity index (χ0) is 15.6. The Morgan fingerprint density at radius 2 is 1.81 bits per heavy atom. The summed E-state index contributed by atoms with van der Waals surface area (Å²) < 4.78 is 0. The number of benzene rings is 2. The second-order valence-electron chi connectivity index (χ2n) is 5.35. The first kappa shape index (κ1) is 15.2. The minimum Gasteiger partial charge on any atom is -0.366 e. The van der Waals surface area contributed by atoms with Gasteiger partial charge >= 0.3 is 0 Å². The van der Waals surface area contributed by atoms with Crippen molar-refractivity contribution >= 4 is 22.5 Å². The van der Waals surface area contributed by atoms with Gasteiger partial charge in [0.2, 0.25) is 5.91 Å². The molecule has 4 nitrogen and oxygen atoms in total. The first-order valence-corrected chi connectivity index (χ1v) is 7.08. The molecule has 1 amide bonds. The summed E-state index contributed by atoms with van der Waals surface area (Å²) in [5.74, 6) is -0.799. The van der Waals surface area contributed by atoms with Gasteiger partial charge in [0.1, 0.15) is 0 Å². The zero-order valence-corrected chi connectivity index (χ0v) is 12.3. The summed E-state index contributed by atoms with van der Waals surface area (Å²) >= 11 is 0. The van der Waals surface area contributed by atoms with E-state index in [0.717, 1.165) is 17.2 Å². The van der Waals surface area contributed by atoms with Crippen molar-refractivity contribution in [1.82, 2.24) is 0 Å². The number of nitrogens with two attached hydrogens (primary N) is 2. The van der Waals surface area contributed by atoms with Crippen LogP contribution in [-0.4, -0.2) is 17.7 Å². The highest BCUT2D eigenvalue weighted by Crippen LogP contribution is 2.25. The van der Waals surface area contributed by atoms with Crippen LogP contribution in [0.4, 0.5) is 0 Å². The number of carbonyl (C=O) groups excluding carboxylic acids is 2. The van der Waals surface area contributed by atoms with Gasteiger partial charge in [0, 0.05) is 5.56 Å². The topological polar surface area (TPSA) is 86.2 Å². The highest BCUT2D eigenvalue weighted by molar-refractivity contribution is 6.17. The Morgan fingerprint density at radius 1 is 1.14 bits per heavy atom. The first-order chi connectivity index (χ1) is 9.97. The molecule has 21 heavy (non-hydrogen) atoms. The molecule has 4 heteroatoms. The predicted molar refractivity (Wildman–Crippen MR) is 84.2 cm³/mol. The van der Waals surface area contributed by atoms with Gasteiger partial charge in [0.05, 0.1) is 11.6 Å². The van der Waals surface area contributed by atoms with Gasteiger partial charge in [-0.05, 0) is 22.8 Å². The van der Waals surface area contributed by atoms with E-state index in [0.29, 0.717) is 5.56 Å². The molecule has 0 aliphatic heterocycles. The van der Waals surface area contributed by atoms with Crippen molar-refractivity contribution in [2.45, 2.75) is 26.3 Å². The summed E-state index contributed by atoms with van der Waals surface area (Å²) in [5.41, 5.74) is 12.1. The molecule has 0 unspecified atom stereocenters. The lowest BCUT2D eigenvalue weighted by atomic mass is 9.87. The van der Waals surface area contributed by atoms with E-state index in [1.165, 1.54) is 0 Å². The lowest BCUT2D eigenvalue weighted by Crippen LogP contribution is -2.37. The van der Waals surface area contributed by atoms with Crippen LogP contribution < -0.4 is 11.5 Å². The number of rotatable bonds is 5. The SMILES string of the molecule is CC[C@H](C)[C@H](N)C(=O)c1c(C(N)=O)ccc2ccccc12. The molecule has 2 aromatic rings. The normalized spacial score (nSPS) is 13.9. The number of ketones is 1. The molecule has 0 fully saturated rings. The maximum atomic E-state index is 12.8. The third kappa shape index (κ3) is 2.81. The van der Waals surface area contributed by atoms with Crippen LogP contribution >= 0.6 is 0 Å². The highest BCUT2D eigenvalue weighted by atomic mass is 16.1. The minimum absolute atomic E-state index is 0.0391. The van der Waals surface area contributed by atoms with E-state index < -0.39 is 11.9 Å². The van der Waals surface area contributed by atoms with E-state index in [1.807, 2.05) is 38.1 Å². The van der Waals surface area contributed by atoms with E-state index in [4.69, 9.17) is 11.5 Å². The van der Waals surface area contributed by atoms with Gasteiger partial charge in [-0.25, -0.2) is 0 Å². The Morgan fingerprint density at radius 3 is 2.43 bits per heavy atom. The van der Waals surface area contributed by atoms with Gasteiger partial charge in [0.15, 0.2) is 5.78 Å². The van der Waals surface area contributed by atoms with Crippen LogP contribution in [0.15, 0.2) is 36.4 Å². The molecule has 2 atom stereocenters. The molecule has 0 aliphatic carbocycles. The van der Waals surface area contributed by atoms with Crippen molar-refractivity contribution in [3.05, 3.63) is 47.5 Å². The van der Waals surface area contributed by atoms with Crippen molar-refractivity contribution in [3.8, 4) is 0 Å². The molecular weight excluding hydrogens is 264 g/mol. The summed E-state index contributed by atoms with van der Waals surface area (Å²) in [6, 6.07) is 10.2. The van der Waals surface area contributed by atoms with Crippen molar-refractivity contribution in [2.24, 2.45) is 17.4 Å². The van der Waals surface area contributed by atoms with Crippen LogP contribution in [0.3, 0.4) is 0 Å². The highest BCUT2D eigenvalue weighted by Gasteiger charge is 2.26. The van der Waals surface area contributed by atoms with E-state index in [-0.39, 0.29) is 17.3 Å². The quantitative estimate of drug-likeness (QED) is 0.827. The molecule has 0 radical (unpaired) electrons. The maximum absolute atomic E-state index is 12.8. The number of fused-ring (bicyclic) bond motifs is 1. The van der Waals surface area contributed by atoms with Gasteiger partial charge in [-0.1, -0.05) is 50.6 Å². The van der Waals surface area contributed by atoms with Crippen LogP contribution in [0.1, 0.15) is 41.0 Å². The molecular formula is C17H20N2O2. The number of hydrogen-bond acceptors (Lipinski definition) is 3. The predicted octanol–water partition coefficient (Wildman–Crippen LogP) is 2.49. The number of Topliss-reactive ketones (excluding diaryl/α,β-unsaturated/α-hetero) is 1. The van der Waals surface area contributed by atoms with Crippen LogP contribution in [0.25, 0.3) is 10.8 Å². The zero-order valence-electron chi connectivity index (χ0n) is 12.3. The summed E-state index contributed by atoms with van der Waals surface area (Å²) in [5, 5.41) is 1.61. The van der Waals surface area contributed by atoms with Gasteiger partial charge < -0.3 is 11.5 Å². The second kappa shape index (κ2) is 6.06. The fraction of sp³-hybridized carbons (Fsp3) is 0.294. The third-order valence-corrected chi connectivity index (χ3v) is 4.00. The largest absolute Gasteiger partial charge is 0.366 e. The molecule has 2 aromatic carbocycles. The Balaban J connectivity index is 2.67. The standard InChI is InChI=1S/C17H20N2O2/c1-3-10(2)15(18)16(20)14-12-7-5-4-6-11(12)8-9-13(14)17(19)21/h4-10,15H,3,18H2,1-2H3,(H2,19,21)/t10-,15-/m0/s1. The number of primary amides is 1. The lowest BCUT2D eigenvalue weighted by Gasteiger charge is -2.19. The van der Waals surface area contributed by atoms with Gasteiger partial charge in [-0.2, -0.15) is 0 Å². The van der Waals surface area contributed by atoms with Crippen LogP contribution in [0.5, 0.6) is 0 Å². The van der Waals surface area contributed by atoms with E-state index in [1.54, 1.807) is 12.1 Å². The Labute approximate surface area is 124 Å². The summed E-state index contributed by atoms with van der Waals surface area (Å²) in [6.07, 6.45) is 0.795. The average molecular weight is 284 g/mol. The van der Waals surface area contributed by atoms with Gasteiger partial charge in [-0.15, -0.1) is 0 Å². The fourth-order valence-electron chi connectivity index (χ4n) is 2.42. The average Bonchev–Trinajstić information content (AvgIpc) is 2.51. The van der Waals surface area contributed by atoms with Crippen molar-refractivity contribution in [1.29, 1.82) is 0 Å². The fourth-order valence-corrected chi connectivity index (χ4v) is 2.42. The van der Waals surface area contributed by atoms with Crippen molar-refractivity contribution in [2.75, 3.05) is 0 Å². The molecule has 0 aliphatic rings. The molecule has 0 saturated heterocycles. The lowest BCUT2D eigenvalue weighted by molar-refractivity contribution is 0.0922. The summed E-state index contributed by atoms with van der Waals surface area (Å²) in [7, 11) is 0. The number of hydrogen-bond donors (Lipinski definition) is 2. The molecule has 0 heterocycles. The maximum Gasteiger partial charge on any atom is 0.249 e. The van der Waals surface area contributed by atoms with Crippen molar-refractivity contribution < 1.29 is 9.59 Å². The van der Waals surface area contributed by atoms with Gasteiger partial charge in [0.25, 0.3) is 0 Å². The van der Waals surface area contributed by atoms with Gasteiger partial charge in [-0.3, -0.25) is 9.59 Å². The summed E-state index contributed by atoms with van der Waals surface area (Å²) in [6.45, 7) is 3.91. The number of amides is 1. The molecule has 110 valence electrons. The van der Waals surface area contributed by atoms with E-state index in [2.05, 4.69) is 0 Å². The molecule has 0 bridgehead atoms. The monoisotopic (exact) mass is 284 g/mol. The summed E-state index contributed by atoms with van der Waals surface area (Å²) in [4.78, 5) is 24.4. The Bertz CT molecular complexity index is 694. The first-order valence-electron chi connectivity index (χ1n) is 7.08. The molecule has 4 N–H and O–H groups in total. The van der Waals surface area contributed by atoms with E-state index in [9.17, 15) is 9.59 Å². The van der Waals surface area contributed by atoms with E-state index >= 15 is 0 Å². The Kier molecular flexibility index (Phi) is 4.38. The number of carbonyl (C=O) groups is 2. The molecule has 0 saturated carbocycles. The third-order valence-electron chi connectivity index (χ3n) is 4.00. The van der Waals surface area contributed by atoms with Crippen molar-refractivity contribution in [3.63, 3.8) is 0 Å². The molecule has 2 rings (SSSR count). The minimum atomic E-state index is -0.640. The second-order valence-corrected chi connectivity index (χ2v) is 5.35. The Hall–Kier alpha value is -2.20. The smallest absolute Gasteiger partial charge is 0.249 e. The molecule has 0 spiro atoms. The van der Waals surface area contributed by atoms with Crippen LogP contribution in [0, 0.1) is 5.92 Å².